The van der Waals surface area contributed by atoms with Gasteiger partial charge in [0.05, 0.1) is 0 Å². The fourth-order valence-electron chi connectivity index (χ4n) is 0. The third kappa shape index (κ3) is 46.7. The summed E-state index contributed by atoms with van der Waals surface area (Å²) in [6, 6.07) is 0. The minimum absolute atomic E-state index is 0. The van der Waals surface area contributed by atoms with E-state index in [1.807, 2.05) is 0 Å². The van der Waals surface area contributed by atoms with E-state index < -0.39 is 4.45 Å². The molecule has 0 fully saturated rings. The van der Waals surface area contributed by atoms with Crippen LogP contribution in [0.3, 0.4) is 0 Å². The van der Waals surface area contributed by atoms with E-state index in [9.17, 15) is 4.79 Å². The molecule has 0 unspecified atom stereocenters. The fraction of sp³-hybridized carbons (Fsp3) is 0. The Balaban J connectivity index is -0.0000000450. The van der Waals surface area contributed by atoms with E-state index in [4.69, 9.17) is 0 Å². The number of hydrogen-bond acceptors (Lipinski definition) is 1. The van der Waals surface area contributed by atoms with Gasteiger partial charge in [-0.2, -0.15) is 0 Å². The van der Waals surface area contributed by atoms with Crippen molar-refractivity contribution in [2.45, 2.75) is 0 Å². The largest absolute Gasteiger partial charge is 1.00 e. The number of hydrogen-bond donors (Lipinski definition) is 2. The van der Waals surface area contributed by atoms with Gasteiger partial charge in [-0.25, -0.2) is 0 Å². The van der Waals surface area contributed by atoms with Crippen LogP contribution in [0.1, 0.15) is 1.43 Å². The Kier molecular flexibility index (Phi) is 9.29. The van der Waals surface area contributed by atoms with Crippen LogP contribution in [0.2, 0.25) is 0 Å². The molecular weight excluding hydrogens is 99.1 g/mol. The molecule has 0 aromatic heterocycles. The molecule has 0 bridgehead atoms. The minimum Gasteiger partial charge on any atom is -1.00 e. The molecule has 0 aromatic rings. The molecule has 0 aromatic carbocycles. The van der Waals surface area contributed by atoms with Crippen LogP contribution >= 0.6 is 25.3 Å². The molecule has 0 atom stereocenters. The second-order valence-corrected chi connectivity index (χ2v) is 1.45. The van der Waals surface area contributed by atoms with Crippen LogP contribution in [0.15, 0.2) is 0 Å². The minimum atomic E-state index is -0.444. The summed E-state index contributed by atoms with van der Waals surface area (Å²) in [7, 11) is 0. The van der Waals surface area contributed by atoms with Crippen LogP contribution < -0.4 is 18.9 Å². The molecule has 1 nitrogen and oxygen atoms in total. The van der Waals surface area contributed by atoms with Crippen molar-refractivity contribution in [2.24, 2.45) is 0 Å². The Bertz CT molecular complexity index is 36.5. The van der Waals surface area contributed by atoms with Crippen molar-refractivity contribution in [2.75, 3.05) is 0 Å². The number of rotatable bonds is 0. The topological polar surface area (TPSA) is 17.1 Å². The van der Waals surface area contributed by atoms with Crippen molar-refractivity contribution < 1.29 is 25.1 Å². The first-order chi connectivity index (χ1) is 1.73. The van der Waals surface area contributed by atoms with E-state index in [-0.39, 0.29) is 20.3 Å². The zero-order valence-corrected chi connectivity index (χ0v) is 4.59. The Labute approximate surface area is 55.0 Å². The first kappa shape index (κ1) is 9.35. The third-order valence-corrected chi connectivity index (χ3v) is 0. The average molecular weight is 102 g/mol. The van der Waals surface area contributed by atoms with Gasteiger partial charge in [-0.1, -0.05) is 25.3 Å². The molecule has 0 radical (unpaired) electrons. The summed E-state index contributed by atoms with van der Waals surface area (Å²) in [4.78, 5) is 9.17. The molecule has 0 aliphatic heterocycles. The standard InChI is InChI=1S/CH2OS2.Li.H/c2-1(3)4;;/h(H2,2,3,4);;/q;+1;-1. The summed E-state index contributed by atoms with van der Waals surface area (Å²) in [5, 5.41) is 0. The molecule has 0 aliphatic rings. The van der Waals surface area contributed by atoms with E-state index in [0.29, 0.717) is 0 Å². The monoisotopic (exact) mass is 102 g/mol. The van der Waals surface area contributed by atoms with Gasteiger partial charge in [0, 0.05) is 0 Å². The molecule has 0 amide bonds. The van der Waals surface area contributed by atoms with Crippen molar-refractivity contribution in [1.82, 2.24) is 0 Å². The van der Waals surface area contributed by atoms with Crippen molar-refractivity contribution >= 4 is 29.7 Å². The molecule has 0 N–H and O–H groups in total. The van der Waals surface area contributed by atoms with Crippen LogP contribution in [0.25, 0.3) is 0 Å². The summed E-state index contributed by atoms with van der Waals surface area (Å²) in [6.07, 6.45) is 0. The predicted molar refractivity (Wildman–Crippen MR) is 24.5 cm³/mol. The SMILES string of the molecule is O=C(S)S.[H-].[Li+]. The number of thiol groups is 2. The van der Waals surface area contributed by atoms with E-state index in [2.05, 4.69) is 25.3 Å². The van der Waals surface area contributed by atoms with Crippen molar-refractivity contribution in [3.05, 3.63) is 0 Å². The van der Waals surface area contributed by atoms with Crippen molar-refractivity contribution in [3.8, 4) is 0 Å². The predicted octanol–water partition coefficient (Wildman–Crippen LogP) is -1.92. The Morgan fingerprint density at radius 1 is 1.60 bits per heavy atom. The molecule has 0 saturated heterocycles. The van der Waals surface area contributed by atoms with Gasteiger partial charge in [0.2, 0.25) is 4.45 Å². The van der Waals surface area contributed by atoms with E-state index in [0.717, 1.165) is 0 Å². The molecule has 5 heavy (non-hydrogen) atoms. The molecular formula is CH3LiOS2. The van der Waals surface area contributed by atoms with Gasteiger partial charge < -0.3 is 1.43 Å². The fourth-order valence-corrected chi connectivity index (χ4v) is 0. The van der Waals surface area contributed by atoms with Gasteiger partial charge in [-0.05, 0) is 0 Å². The summed E-state index contributed by atoms with van der Waals surface area (Å²) in [5.74, 6) is 0. The van der Waals surface area contributed by atoms with Gasteiger partial charge in [0.25, 0.3) is 0 Å². The summed E-state index contributed by atoms with van der Waals surface area (Å²) in [6.45, 7) is 0. The maximum absolute atomic E-state index is 9.17. The average Bonchev–Trinajstić information content (AvgIpc) is 0.811. The molecule has 0 aliphatic carbocycles. The second-order valence-electron chi connectivity index (χ2n) is 0.283. The first-order valence-corrected chi connectivity index (χ1v) is 1.55. The third-order valence-electron chi connectivity index (χ3n) is 0. The van der Waals surface area contributed by atoms with Crippen LogP contribution in [0.5, 0.6) is 0 Å². The van der Waals surface area contributed by atoms with E-state index >= 15 is 0 Å². The molecule has 0 spiro atoms. The first-order valence-electron chi connectivity index (χ1n) is 0.651. The van der Waals surface area contributed by atoms with Gasteiger partial charge in [-0.3, -0.25) is 4.79 Å². The summed E-state index contributed by atoms with van der Waals surface area (Å²) < 4.78 is -0.444. The van der Waals surface area contributed by atoms with Crippen molar-refractivity contribution in [3.63, 3.8) is 0 Å². The maximum Gasteiger partial charge on any atom is 1.00 e. The maximum atomic E-state index is 9.17. The zero-order chi connectivity index (χ0) is 3.58. The second kappa shape index (κ2) is 4.97. The molecule has 0 rings (SSSR count). The summed E-state index contributed by atoms with van der Waals surface area (Å²) in [5.41, 5.74) is 0. The number of carbonyl (C=O) groups is 1. The molecule has 0 saturated carbocycles. The smallest absolute Gasteiger partial charge is 1.00 e. The normalized spacial score (nSPS) is 5.20. The Hall–Kier alpha value is 0.967. The zero-order valence-electron chi connectivity index (χ0n) is 3.80. The van der Waals surface area contributed by atoms with Gasteiger partial charge in [0.15, 0.2) is 0 Å². The molecule has 0 heterocycles. The molecule has 4 heteroatoms. The Morgan fingerprint density at radius 2 is 1.60 bits per heavy atom. The van der Waals surface area contributed by atoms with Crippen LogP contribution in [0.4, 0.5) is 4.79 Å². The van der Waals surface area contributed by atoms with Crippen molar-refractivity contribution in [1.29, 1.82) is 0 Å². The Morgan fingerprint density at radius 3 is 1.60 bits per heavy atom. The summed E-state index contributed by atoms with van der Waals surface area (Å²) >= 11 is 6.38. The van der Waals surface area contributed by atoms with E-state index in [1.54, 1.807) is 0 Å². The van der Waals surface area contributed by atoms with Crippen LogP contribution in [0, 0.1) is 0 Å². The van der Waals surface area contributed by atoms with Crippen LogP contribution in [-0.4, -0.2) is 4.45 Å². The number of carbonyl (C=O) groups excluding carboxylic acids is 1. The van der Waals surface area contributed by atoms with Gasteiger partial charge in [-0.15, -0.1) is 0 Å². The quantitative estimate of drug-likeness (QED) is 0.269. The van der Waals surface area contributed by atoms with E-state index in [1.165, 1.54) is 0 Å². The molecule has 26 valence electrons. The van der Waals surface area contributed by atoms with Crippen LogP contribution in [-0.2, 0) is 0 Å². The van der Waals surface area contributed by atoms with Gasteiger partial charge >= 0.3 is 18.9 Å². The van der Waals surface area contributed by atoms with Gasteiger partial charge in [0.1, 0.15) is 0 Å².